The summed E-state index contributed by atoms with van der Waals surface area (Å²) in [6, 6.07) is 10.3. The van der Waals surface area contributed by atoms with E-state index < -0.39 is 17.6 Å². The van der Waals surface area contributed by atoms with Crippen LogP contribution in [0.1, 0.15) is 36.2 Å². The molecule has 2 aromatic rings. The second-order valence-electron chi connectivity index (χ2n) is 7.35. The lowest BCUT2D eigenvalue weighted by Crippen LogP contribution is -2.11. The van der Waals surface area contributed by atoms with Crippen molar-refractivity contribution in [2.45, 2.75) is 20.3 Å². The van der Waals surface area contributed by atoms with Crippen LogP contribution >= 0.6 is 0 Å². The maximum atomic E-state index is 12.7. The molecule has 0 spiro atoms. The van der Waals surface area contributed by atoms with E-state index in [9.17, 15) is 13.6 Å². The molecule has 0 radical (unpaired) electrons. The summed E-state index contributed by atoms with van der Waals surface area (Å²) in [5, 5.41) is 2.85. The van der Waals surface area contributed by atoms with Gasteiger partial charge in [-0.3, -0.25) is 0 Å². The van der Waals surface area contributed by atoms with Crippen molar-refractivity contribution in [3.8, 4) is 0 Å². The molecule has 0 unspecified atom stereocenters. The van der Waals surface area contributed by atoms with Crippen LogP contribution in [0.5, 0.6) is 0 Å². The molecule has 0 bridgehead atoms. The van der Waals surface area contributed by atoms with E-state index in [2.05, 4.69) is 54.5 Å². The van der Waals surface area contributed by atoms with Crippen LogP contribution in [0.3, 0.4) is 0 Å². The molecule has 0 aliphatic heterocycles. The van der Waals surface area contributed by atoms with Crippen LogP contribution in [0.25, 0.3) is 5.57 Å². The SMILES string of the molecule is C=C(/C=C\C)c1cc(F)cc(F)c1.C=CC1=CC=C(C)C=CC1.CNc1ccccc1C(=O)ON. The van der Waals surface area contributed by atoms with Crippen LogP contribution in [-0.4, -0.2) is 13.0 Å². The Morgan fingerprint density at radius 1 is 1.14 bits per heavy atom. The van der Waals surface area contributed by atoms with E-state index in [0.29, 0.717) is 22.4 Å². The van der Waals surface area contributed by atoms with Gasteiger partial charge in [0.25, 0.3) is 0 Å². The van der Waals surface area contributed by atoms with Gasteiger partial charge in [0.2, 0.25) is 0 Å². The molecule has 0 atom stereocenters. The van der Waals surface area contributed by atoms with Gasteiger partial charge in [-0.25, -0.2) is 13.6 Å². The van der Waals surface area contributed by atoms with Gasteiger partial charge in [0.15, 0.2) is 0 Å². The first-order chi connectivity index (χ1) is 16.7. The highest BCUT2D eigenvalue weighted by Crippen LogP contribution is 2.17. The molecule has 0 saturated heterocycles. The van der Waals surface area contributed by atoms with Crippen LogP contribution < -0.4 is 11.2 Å². The number of rotatable bonds is 5. The molecule has 3 rings (SSSR count). The Bertz CT molecular complexity index is 1120. The van der Waals surface area contributed by atoms with Gasteiger partial charge in [0.05, 0.1) is 5.56 Å². The second-order valence-corrected chi connectivity index (χ2v) is 7.35. The average molecular weight is 479 g/mol. The van der Waals surface area contributed by atoms with E-state index in [1.54, 1.807) is 37.4 Å². The van der Waals surface area contributed by atoms with Crippen molar-refractivity contribution < 1.29 is 18.4 Å². The normalized spacial score (nSPS) is 12.1. The summed E-state index contributed by atoms with van der Waals surface area (Å²) in [5.41, 5.74) is 4.79. The van der Waals surface area contributed by atoms with Crippen LogP contribution in [0, 0.1) is 11.6 Å². The zero-order valence-corrected chi connectivity index (χ0v) is 20.4. The fraction of sp³-hybridized carbons (Fsp3) is 0.138. The Hall–Kier alpha value is -4.03. The minimum Gasteiger partial charge on any atom is -0.387 e. The Labute approximate surface area is 206 Å². The van der Waals surface area contributed by atoms with Crippen molar-refractivity contribution in [2.75, 3.05) is 12.4 Å². The molecule has 6 heteroatoms. The molecule has 35 heavy (non-hydrogen) atoms. The monoisotopic (exact) mass is 478 g/mol. The number of nitrogens with two attached hydrogens (primary N) is 1. The number of benzene rings is 2. The van der Waals surface area contributed by atoms with E-state index in [-0.39, 0.29) is 0 Å². The molecule has 1 aliphatic rings. The number of halogens is 2. The molecule has 0 fully saturated rings. The van der Waals surface area contributed by atoms with E-state index in [1.807, 2.05) is 19.1 Å². The maximum absolute atomic E-state index is 12.7. The van der Waals surface area contributed by atoms with Crippen molar-refractivity contribution in [3.63, 3.8) is 0 Å². The van der Waals surface area contributed by atoms with Gasteiger partial charge in [-0.2, -0.15) is 5.90 Å². The Balaban J connectivity index is 0.000000265. The zero-order chi connectivity index (χ0) is 26.2. The largest absolute Gasteiger partial charge is 0.387 e. The van der Waals surface area contributed by atoms with Crippen molar-refractivity contribution in [3.05, 3.63) is 132 Å². The minimum atomic E-state index is -0.583. The minimum absolute atomic E-state index is 0.433. The van der Waals surface area contributed by atoms with Crippen LogP contribution in [-0.2, 0) is 4.84 Å². The highest BCUT2D eigenvalue weighted by Gasteiger charge is 2.09. The van der Waals surface area contributed by atoms with Crippen molar-refractivity contribution in [2.24, 2.45) is 5.90 Å². The summed E-state index contributed by atoms with van der Waals surface area (Å²) < 4.78 is 25.4. The number of anilines is 1. The standard InChI is InChI=1S/C11H10F2.C10H12.C8H10N2O2/c1-3-4-8(2)9-5-10(12)7-11(13)6-9;1-3-10-6-4-5-9(2)7-8-10;1-10-7-5-3-2-4-6(7)8(11)12-9/h3-7H,2H2,1H3;3-5,7-8H,1,6H2,2H3;2-5,10H,9H2,1H3/b4-3-;;. The number of para-hydroxylation sites is 1. The Morgan fingerprint density at radius 2 is 1.80 bits per heavy atom. The first-order valence-electron chi connectivity index (χ1n) is 10.9. The molecule has 3 N–H and O–H groups in total. The number of carbonyl (C=O) groups excluding carboxylic acids is 1. The number of allylic oxidation sites excluding steroid dienone is 10. The summed E-state index contributed by atoms with van der Waals surface area (Å²) in [6.45, 7) is 11.3. The summed E-state index contributed by atoms with van der Waals surface area (Å²) >= 11 is 0. The third kappa shape index (κ3) is 10.6. The average Bonchev–Trinajstić information content (AvgIpc) is 3.07. The quantitative estimate of drug-likeness (QED) is 0.349. The van der Waals surface area contributed by atoms with Crippen LogP contribution in [0.2, 0.25) is 0 Å². The van der Waals surface area contributed by atoms with Gasteiger partial charge >= 0.3 is 5.97 Å². The van der Waals surface area contributed by atoms with Gasteiger partial charge in [0, 0.05) is 18.8 Å². The van der Waals surface area contributed by atoms with E-state index in [4.69, 9.17) is 5.90 Å². The molecular weight excluding hydrogens is 446 g/mol. The Morgan fingerprint density at radius 3 is 2.37 bits per heavy atom. The molecule has 0 saturated carbocycles. The molecular formula is C29H32F2N2O2. The fourth-order valence-electron chi connectivity index (χ4n) is 2.87. The van der Waals surface area contributed by atoms with Crippen LogP contribution in [0.4, 0.5) is 14.5 Å². The molecule has 0 amide bonds. The number of hydrogen-bond donors (Lipinski definition) is 2. The lowest BCUT2D eigenvalue weighted by Gasteiger charge is -2.04. The predicted octanol–water partition coefficient (Wildman–Crippen LogP) is 7.32. The zero-order valence-electron chi connectivity index (χ0n) is 20.4. The van der Waals surface area contributed by atoms with Gasteiger partial charge < -0.3 is 10.2 Å². The number of nitrogens with one attached hydrogen (secondary N) is 1. The predicted molar refractivity (Wildman–Crippen MR) is 142 cm³/mol. The molecule has 0 aromatic heterocycles. The lowest BCUT2D eigenvalue weighted by molar-refractivity contribution is 0.0504. The first kappa shape index (κ1) is 29.0. The molecule has 2 aromatic carbocycles. The number of hydrogen-bond acceptors (Lipinski definition) is 4. The third-order valence-electron chi connectivity index (χ3n) is 4.68. The summed E-state index contributed by atoms with van der Waals surface area (Å²) in [7, 11) is 1.72. The van der Waals surface area contributed by atoms with E-state index >= 15 is 0 Å². The van der Waals surface area contributed by atoms with Gasteiger partial charge in [-0.05, 0) is 61.2 Å². The van der Waals surface area contributed by atoms with Gasteiger partial charge in [-0.15, -0.1) is 0 Å². The lowest BCUT2D eigenvalue weighted by atomic mass is 10.1. The molecule has 4 nitrogen and oxygen atoms in total. The molecule has 184 valence electrons. The summed E-state index contributed by atoms with van der Waals surface area (Å²) in [5.74, 6) is 3.04. The summed E-state index contributed by atoms with van der Waals surface area (Å²) in [4.78, 5) is 15.1. The highest BCUT2D eigenvalue weighted by molar-refractivity contribution is 5.95. The summed E-state index contributed by atoms with van der Waals surface area (Å²) in [6.07, 6.45) is 14.9. The second kappa shape index (κ2) is 15.7. The first-order valence-corrected chi connectivity index (χ1v) is 10.9. The van der Waals surface area contributed by atoms with Crippen molar-refractivity contribution >= 4 is 17.2 Å². The maximum Gasteiger partial charge on any atom is 0.358 e. The van der Waals surface area contributed by atoms with Crippen LogP contribution in [0.15, 0.2) is 109 Å². The highest BCUT2D eigenvalue weighted by atomic mass is 19.1. The third-order valence-corrected chi connectivity index (χ3v) is 4.68. The topological polar surface area (TPSA) is 64.3 Å². The molecule has 1 aliphatic carbocycles. The van der Waals surface area contributed by atoms with Gasteiger partial charge in [0.1, 0.15) is 11.6 Å². The smallest absolute Gasteiger partial charge is 0.358 e. The van der Waals surface area contributed by atoms with E-state index in [0.717, 1.165) is 12.5 Å². The van der Waals surface area contributed by atoms with Crippen molar-refractivity contribution in [1.82, 2.24) is 0 Å². The fourth-order valence-corrected chi connectivity index (χ4v) is 2.87. The number of carbonyl (C=O) groups is 1. The molecule has 0 heterocycles. The van der Waals surface area contributed by atoms with E-state index in [1.165, 1.54) is 23.3 Å². The van der Waals surface area contributed by atoms with Gasteiger partial charge in [-0.1, -0.05) is 73.4 Å². The Kier molecular flexibility index (Phi) is 13.0. The van der Waals surface area contributed by atoms with Crippen molar-refractivity contribution in [1.29, 1.82) is 0 Å².